The monoisotopic (exact) mass is 490 g/mol. The summed E-state index contributed by atoms with van der Waals surface area (Å²) >= 11 is 10.0. The molecule has 148 valence electrons. The molecule has 1 fully saturated rings. The van der Waals surface area contributed by atoms with Crippen LogP contribution in [0, 0.1) is 5.82 Å². The van der Waals surface area contributed by atoms with Gasteiger partial charge in [0.2, 0.25) is 0 Å². The molecular formula is C21H16BrFN2O2S2. The second-order valence-corrected chi connectivity index (χ2v) is 9.27. The van der Waals surface area contributed by atoms with Crippen LogP contribution in [0.25, 0.3) is 5.57 Å². The average molecular weight is 491 g/mol. The van der Waals surface area contributed by atoms with Crippen molar-refractivity contribution in [2.75, 3.05) is 11.4 Å². The number of carbonyl (C=O) groups excluding carboxylic acids is 2. The summed E-state index contributed by atoms with van der Waals surface area (Å²) in [6.45, 7) is 2.82. The number of amides is 2. The van der Waals surface area contributed by atoms with E-state index in [0.717, 1.165) is 39.5 Å². The van der Waals surface area contributed by atoms with Crippen molar-refractivity contribution in [2.45, 2.75) is 19.9 Å². The third kappa shape index (κ3) is 3.65. The smallest absolute Gasteiger partial charge is 0.267 e. The highest BCUT2D eigenvalue weighted by molar-refractivity contribution is 9.10. The second-order valence-electron chi connectivity index (χ2n) is 6.71. The fraction of sp³-hybridized carbons (Fsp3) is 0.190. The maximum atomic E-state index is 13.2. The topological polar surface area (TPSA) is 40.6 Å². The summed E-state index contributed by atoms with van der Waals surface area (Å²) in [5.74, 6) is -0.810. The van der Waals surface area contributed by atoms with Gasteiger partial charge in [-0.15, -0.1) is 0 Å². The molecule has 2 aliphatic rings. The number of halogens is 2. The Hall–Kier alpha value is -2.03. The Kier molecular flexibility index (Phi) is 5.59. The van der Waals surface area contributed by atoms with E-state index in [9.17, 15) is 14.0 Å². The molecule has 0 radical (unpaired) electrons. The van der Waals surface area contributed by atoms with Gasteiger partial charge in [0.1, 0.15) is 10.1 Å². The van der Waals surface area contributed by atoms with Crippen LogP contribution in [0.2, 0.25) is 0 Å². The van der Waals surface area contributed by atoms with Gasteiger partial charge in [-0.2, -0.15) is 0 Å². The van der Waals surface area contributed by atoms with Crippen LogP contribution < -0.4 is 4.90 Å². The van der Waals surface area contributed by atoms with Crippen molar-refractivity contribution in [1.82, 2.24) is 4.90 Å². The molecular weight excluding hydrogens is 475 g/mol. The Morgan fingerprint density at radius 2 is 1.79 bits per heavy atom. The predicted molar refractivity (Wildman–Crippen MR) is 121 cm³/mol. The summed E-state index contributed by atoms with van der Waals surface area (Å²) in [7, 11) is 0. The van der Waals surface area contributed by atoms with Crippen molar-refractivity contribution in [1.29, 1.82) is 0 Å². The van der Waals surface area contributed by atoms with E-state index in [4.69, 9.17) is 12.2 Å². The van der Waals surface area contributed by atoms with Gasteiger partial charge in [0.15, 0.2) is 0 Å². The SMILES string of the molecule is CCCN1C(=O)/C(=C2\SC(=S)N(Cc3ccc(F)cc3)C2=O)c2cc(Br)ccc21. The number of hydrogen-bond donors (Lipinski definition) is 0. The number of hydrogen-bond acceptors (Lipinski definition) is 4. The van der Waals surface area contributed by atoms with E-state index in [1.807, 2.05) is 25.1 Å². The van der Waals surface area contributed by atoms with Crippen LogP contribution in [-0.4, -0.2) is 27.6 Å². The normalized spacial score (nSPS) is 18.8. The van der Waals surface area contributed by atoms with Crippen LogP contribution in [0.3, 0.4) is 0 Å². The van der Waals surface area contributed by atoms with Gasteiger partial charge in [-0.05, 0) is 42.3 Å². The van der Waals surface area contributed by atoms with Crippen LogP contribution in [0.15, 0.2) is 51.8 Å². The second kappa shape index (κ2) is 8.01. The maximum absolute atomic E-state index is 13.2. The van der Waals surface area contributed by atoms with Gasteiger partial charge in [-0.25, -0.2) is 4.39 Å². The van der Waals surface area contributed by atoms with Crippen LogP contribution in [-0.2, 0) is 16.1 Å². The van der Waals surface area contributed by atoms with Gasteiger partial charge >= 0.3 is 0 Å². The van der Waals surface area contributed by atoms with Gasteiger partial charge in [-0.1, -0.05) is 59.0 Å². The quantitative estimate of drug-likeness (QED) is 0.440. The fourth-order valence-corrected chi connectivity index (χ4v) is 5.11. The van der Waals surface area contributed by atoms with Crippen molar-refractivity contribution < 1.29 is 14.0 Å². The molecule has 2 aromatic rings. The maximum Gasteiger partial charge on any atom is 0.267 e. The van der Waals surface area contributed by atoms with E-state index in [1.165, 1.54) is 17.0 Å². The summed E-state index contributed by atoms with van der Waals surface area (Å²) in [6.07, 6.45) is 0.806. The van der Waals surface area contributed by atoms with Gasteiger partial charge < -0.3 is 4.90 Å². The molecule has 0 N–H and O–H groups in total. The minimum Gasteiger partial charge on any atom is -0.308 e. The lowest BCUT2D eigenvalue weighted by molar-refractivity contribution is -0.122. The van der Waals surface area contributed by atoms with Crippen LogP contribution >= 0.6 is 39.9 Å². The Morgan fingerprint density at radius 3 is 2.48 bits per heavy atom. The molecule has 29 heavy (non-hydrogen) atoms. The number of nitrogens with zero attached hydrogens (tertiary/aromatic N) is 2. The molecule has 4 nitrogen and oxygen atoms in total. The highest BCUT2D eigenvalue weighted by Crippen LogP contribution is 2.45. The third-order valence-electron chi connectivity index (χ3n) is 4.76. The number of thioether (sulfide) groups is 1. The standard InChI is InChI=1S/C21H16BrFN2O2S2/c1-2-9-24-16-8-5-13(22)10-15(16)17(19(24)26)18-20(27)25(21(28)29-18)11-12-3-6-14(23)7-4-12/h3-8,10H,2,9,11H2,1H3/b18-17-. The molecule has 1 saturated heterocycles. The molecule has 0 saturated carbocycles. The zero-order valence-electron chi connectivity index (χ0n) is 15.4. The first-order chi connectivity index (χ1) is 13.9. The minimum absolute atomic E-state index is 0.178. The molecule has 0 bridgehead atoms. The summed E-state index contributed by atoms with van der Waals surface area (Å²) in [6, 6.07) is 11.6. The van der Waals surface area contributed by atoms with Crippen molar-refractivity contribution in [2.24, 2.45) is 0 Å². The van der Waals surface area contributed by atoms with Crippen LogP contribution in [0.1, 0.15) is 24.5 Å². The molecule has 2 aliphatic heterocycles. The Bertz CT molecular complexity index is 1070. The molecule has 0 unspecified atom stereocenters. The van der Waals surface area contributed by atoms with Crippen LogP contribution in [0.5, 0.6) is 0 Å². The zero-order valence-corrected chi connectivity index (χ0v) is 18.7. The average Bonchev–Trinajstić information content (AvgIpc) is 3.11. The van der Waals surface area contributed by atoms with Gasteiger partial charge in [-0.3, -0.25) is 14.5 Å². The van der Waals surface area contributed by atoms with Gasteiger partial charge in [0, 0.05) is 16.6 Å². The number of carbonyl (C=O) groups is 2. The van der Waals surface area contributed by atoms with Crippen molar-refractivity contribution in [3.05, 3.63) is 68.8 Å². The molecule has 2 aromatic carbocycles. The van der Waals surface area contributed by atoms with E-state index in [-0.39, 0.29) is 24.2 Å². The molecule has 8 heteroatoms. The number of benzene rings is 2. The lowest BCUT2D eigenvalue weighted by Gasteiger charge is -2.15. The van der Waals surface area contributed by atoms with E-state index >= 15 is 0 Å². The number of fused-ring (bicyclic) bond motifs is 1. The third-order valence-corrected chi connectivity index (χ3v) is 6.70. The molecule has 0 aromatic heterocycles. The zero-order chi connectivity index (χ0) is 20.7. The van der Waals surface area contributed by atoms with Crippen molar-refractivity contribution in [3.8, 4) is 0 Å². The van der Waals surface area contributed by atoms with Crippen molar-refractivity contribution in [3.63, 3.8) is 0 Å². The highest BCUT2D eigenvalue weighted by atomic mass is 79.9. The van der Waals surface area contributed by atoms with E-state index in [1.54, 1.807) is 17.0 Å². The van der Waals surface area contributed by atoms with E-state index < -0.39 is 0 Å². The summed E-state index contributed by atoms with van der Waals surface area (Å²) in [4.78, 5) is 29.9. The Balaban J connectivity index is 1.74. The van der Waals surface area contributed by atoms with Gasteiger partial charge in [0.25, 0.3) is 11.8 Å². The molecule has 0 spiro atoms. The first kappa shape index (κ1) is 20.3. The molecule has 0 aliphatic carbocycles. The minimum atomic E-state index is -0.337. The lowest BCUT2D eigenvalue weighted by Crippen LogP contribution is -2.29. The molecule has 2 heterocycles. The van der Waals surface area contributed by atoms with Crippen molar-refractivity contribution >= 4 is 67.3 Å². The number of anilines is 1. The lowest BCUT2D eigenvalue weighted by atomic mass is 10.1. The van der Waals surface area contributed by atoms with Crippen LogP contribution in [0.4, 0.5) is 10.1 Å². The van der Waals surface area contributed by atoms with E-state index in [2.05, 4.69) is 15.9 Å². The number of rotatable bonds is 4. The molecule has 2 amide bonds. The number of thiocarbonyl (C=S) groups is 1. The first-order valence-electron chi connectivity index (χ1n) is 9.05. The summed E-state index contributed by atoms with van der Waals surface area (Å²) in [5, 5.41) is 0. The molecule has 0 atom stereocenters. The Labute approximate surface area is 185 Å². The summed E-state index contributed by atoms with van der Waals surface area (Å²) < 4.78 is 14.4. The largest absolute Gasteiger partial charge is 0.308 e. The Morgan fingerprint density at radius 1 is 1.07 bits per heavy atom. The summed E-state index contributed by atoms with van der Waals surface area (Å²) in [5.41, 5.74) is 2.70. The fourth-order valence-electron chi connectivity index (χ4n) is 3.43. The molecule has 4 rings (SSSR count). The predicted octanol–water partition coefficient (Wildman–Crippen LogP) is 5.12. The first-order valence-corrected chi connectivity index (χ1v) is 11.1. The van der Waals surface area contributed by atoms with Gasteiger partial charge in [0.05, 0.1) is 22.7 Å². The highest BCUT2D eigenvalue weighted by Gasteiger charge is 2.41. The van der Waals surface area contributed by atoms with E-state index in [0.29, 0.717) is 21.3 Å².